The van der Waals surface area contributed by atoms with Crippen LogP contribution >= 0.6 is 11.3 Å². The van der Waals surface area contributed by atoms with Crippen LogP contribution in [0.4, 0.5) is 5.13 Å². The van der Waals surface area contributed by atoms with Crippen molar-refractivity contribution in [3.8, 4) is 0 Å². The zero-order chi connectivity index (χ0) is 21.6. The molecule has 0 atom stereocenters. The summed E-state index contributed by atoms with van der Waals surface area (Å²) in [5.41, 5.74) is 0.688. The van der Waals surface area contributed by atoms with Gasteiger partial charge in [-0.2, -0.15) is 4.31 Å². The van der Waals surface area contributed by atoms with Gasteiger partial charge in [-0.1, -0.05) is 43.9 Å². The third kappa shape index (κ3) is 6.23. The number of anilines is 1. The van der Waals surface area contributed by atoms with Gasteiger partial charge in [0.2, 0.25) is 15.9 Å². The molecule has 1 N–H and O–H groups in total. The summed E-state index contributed by atoms with van der Waals surface area (Å²) in [4.78, 5) is 16.8. The summed E-state index contributed by atoms with van der Waals surface area (Å²) in [5, 5.41) is 3.36. The summed E-state index contributed by atoms with van der Waals surface area (Å²) in [6.45, 7) is 9.66. The number of carbonyl (C=O) groups is 1. The molecule has 162 valence electrons. The van der Waals surface area contributed by atoms with Gasteiger partial charge in [-0.25, -0.2) is 13.4 Å². The average molecular weight is 440 g/mol. The standard InChI is InChI=1S/C21H33N3O3S2/c1-6-7-8-9-10-11-20(25)23-21-22-18-13-12-17(14-19(18)28-21)29(26,27)24(15(2)3)16(4)5/h12-16H,6-11H2,1-5H3,(H,22,23,25). The summed E-state index contributed by atoms with van der Waals surface area (Å²) in [7, 11) is -3.60. The van der Waals surface area contributed by atoms with Crippen molar-refractivity contribution < 1.29 is 13.2 Å². The number of nitrogens with zero attached hydrogens (tertiary/aromatic N) is 2. The number of aromatic nitrogens is 1. The normalized spacial score (nSPS) is 12.4. The molecule has 29 heavy (non-hydrogen) atoms. The monoisotopic (exact) mass is 439 g/mol. The van der Waals surface area contributed by atoms with E-state index >= 15 is 0 Å². The molecule has 0 aliphatic rings. The molecule has 1 aromatic heterocycles. The van der Waals surface area contributed by atoms with Crippen molar-refractivity contribution in [3.05, 3.63) is 18.2 Å². The van der Waals surface area contributed by atoms with Gasteiger partial charge in [-0.15, -0.1) is 0 Å². The molecule has 1 heterocycles. The summed E-state index contributed by atoms with van der Waals surface area (Å²) in [6.07, 6.45) is 5.96. The Hall–Kier alpha value is -1.51. The lowest BCUT2D eigenvalue weighted by Crippen LogP contribution is -2.41. The highest BCUT2D eigenvalue weighted by Gasteiger charge is 2.29. The minimum atomic E-state index is -3.60. The maximum absolute atomic E-state index is 13.1. The molecule has 8 heteroatoms. The lowest BCUT2D eigenvalue weighted by atomic mass is 10.1. The maximum atomic E-state index is 13.1. The summed E-state index contributed by atoms with van der Waals surface area (Å²) in [5.74, 6) is -0.0424. The Morgan fingerprint density at radius 2 is 1.76 bits per heavy atom. The summed E-state index contributed by atoms with van der Waals surface area (Å²) >= 11 is 1.31. The van der Waals surface area contributed by atoms with Crippen LogP contribution < -0.4 is 5.32 Å². The van der Waals surface area contributed by atoms with Crippen LogP contribution in [0.5, 0.6) is 0 Å². The van der Waals surface area contributed by atoms with Crippen LogP contribution in [0.2, 0.25) is 0 Å². The highest BCUT2D eigenvalue weighted by atomic mass is 32.2. The van der Waals surface area contributed by atoms with Crippen molar-refractivity contribution in [2.45, 2.75) is 90.1 Å². The number of nitrogens with one attached hydrogen (secondary N) is 1. The number of benzene rings is 1. The number of fused-ring (bicyclic) bond motifs is 1. The molecule has 2 aromatic rings. The summed E-state index contributed by atoms with van der Waals surface area (Å²) < 4.78 is 28.4. The van der Waals surface area contributed by atoms with Crippen molar-refractivity contribution in [2.24, 2.45) is 0 Å². The molecule has 0 aliphatic heterocycles. The van der Waals surface area contributed by atoms with Gasteiger partial charge in [0.1, 0.15) is 0 Å². The number of rotatable bonds is 11. The zero-order valence-corrected chi connectivity index (χ0v) is 19.7. The van der Waals surface area contributed by atoms with E-state index in [0.717, 1.165) is 24.0 Å². The van der Waals surface area contributed by atoms with E-state index in [2.05, 4.69) is 17.2 Å². The molecule has 0 aliphatic carbocycles. The average Bonchev–Trinajstić information content (AvgIpc) is 3.01. The largest absolute Gasteiger partial charge is 0.302 e. The number of hydrogen-bond acceptors (Lipinski definition) is 5. The van der Waals surface area contributed by atoms with Gasteiger partial charge in [0.25, 0.3) is 0 Å². The van der Waals surface area contributed by atoms with E-state index in [9.17, 15) is 13.2 Å². The Balaban J connectivity index is 2.13. The van der Waals surface area contributed by atoms with Gasteiger partial charge in [-0.3, -0.25) is 4.79 Å². The van der Waals surface area contributed by atoms with Crippen LogP contribution in [0.3, 0.4) is 0 Å². The highest BCUT2D eigenvalue weighted by Crippen LogP contribution is 2.30. The minimum Gasteiger partial charge on any atom is -0.302 e. The van der Waals surface area contributed by atoms with Crippen molar-refractivity contribution in [2.75, 3.05) is 5.32 Å². The SMILES string of the molecule is CCCCCCCC(=O)Nc1nc2ccc(S(=O)(=O)N(C(C)C)C(C)C)cc2s1. The first-order valence-electron chi connectivity index (χ1n) is 10.4. The van der Waals surface area contributed by atoms with Gasteiger partial charge in [0, 0.05) is 18.5 Å². The fourth-order valence-corrected chi connectivity index (χ4v) is 6.32. The predicted octanol–water partition coefficient (Wildman–Crippen LogP) is 5.40. The van der Waals surface area contributed by atoms with Crippen molar-refractivity contribution in [3.63, 3.8) is 0 Å². The van der Waals surface area contributed by atoms with Crippen molar-refractivity contribution in [1.82, 2.24) is 9.29 Å². The Morgan fingerprint density at radius 1 is 1.10 bits per heavy atom. The highest BCUT2D eigenvalue weighted by molar-refractivity contribution is 7.89. The molecule has 0 saturated heterocycles. The van der Waals surface area contributed by atoms with Crippen LogP contribution in [0.25, 0.3) is 10.2 Å². The number of carbonyl (C=O) groups excluding carboxylic acids is 1. The molecular formula is C21H33N3O3S2. The number of thiazole rings is 1. The van der Waals surface area contributed by atoms with Crippen molar-refractivity contribution >= 4 is 42.6 Å². The molecule has 2 rings (SSSR count). The van der Waals surface area contributed by atoms with Crippen LogP contribution in [-0.4, -0.2) is 35.7 Å². The fourth-order valence-electron chi connectivity index (χ4n) is 3.46. The Labute approximate surface area is 178 Å². The lowest BCUT2D eigenvalue weighted by molar-refractivity contribution is -0.116. The van der Waals surface area contributed by atoms with Gasteiger partial charge in [-0.05, 0) is 52.3 Å². The quantitative estimate of drug-likeness (QED) is 0.475. The second-order valence-corrected chi connectivity index (χ2v) is 10.8. The molecule has 0 unspecified atom stereocenters. The van der Waals surface area contributed by atoms with E-state index in [4.69, 9.17) is 0 Å². The van der Waals surface area contributed by atoms with Gasteiger partial charge in [0.05, 0.1) is 15.1 Å². The number of hydrogen-bond donors (Lipinski definition) is 1. The molecule has 0 spiro atoms. The van der Waals surface area contributed by atoms with E-state index in [-0.39, 0.29) is 22.9 Å². The first kappa shape index (κ1) is 23.8. The Bertz CT molecular complexity index is 912. The van der Waals surface area contributed by atoms with Crippen LogP contribution in [0.1, 0.15) is 73.1 Å². The van der Waals surface area contributed by atoms with Gasteiger partial charge < -0.3 is 5.32 Å². The first-order valence-corrected chi connectivity index (χ1v) is 12.7. The lowest BCUT2D eigenvalue weighted by Gasteiger charge is -2.29. The molecule has 0 saturated carbocycles. The molecular weight excluding hydrogens is 406 g/mol. The predicted molar refractivity (Wildman–Crippen MR) is 121 cm³/mol. The minimum absolute atomic E-state index is 0.0424. The Morgan fingerprint density at radius 3 is 2.38 bits per heavy atom. The molecule has 0 bridgehead atoms. The smallest absolute Gasteiger partial charge is 0.243 e. The Kier molecular flexibility index (Phi) is 8.60. The number of unbranched alkanes of at least 4 members (excludes halogenated alkanes) is 4. The second kappa shape index (κ2) is 10.5. The van der Waals surface area contributed by atoms with E-state index in [0.29, 0.717) is 17.1 Å². The topological polar surface area (TPSA) is 79.4 Å². The number of amides is 1. The van der Waals surface area contributed by atoms with Crippen LogP contribution in [0.15, 0.2) is 23.1 Å². The van der Waals surface area contributed by atoms with E-state index in [1.807, 2.05) is 27.7 Å². The molecule has 0 radical (unpaired) electrons. The summed E-state index contributed by atoms with van der Waals surface area (Å²) in [6, 6.07) is 4.68. The number of sulfonamides is 1. The van der Waals surface area contributed by atoms with Crippen LogP contribution in [0, 0.1) is 0 Å². The van der Waals surface area contributed by atoms with E-state index in [1.54, 1.807) is 18.2 Å². The van der Waals surface area contributed by atoms with E-state index in [1.165, 1.54) is 28.5 Å². The second-order valence-electron chi connectivity index (χ2n) is 7.88. The van der Waals surface area contributed by atoms with Crippen molar-refractivity contribution in [1.29, 1.82) is 0 Å². The molecule has 6 nitrogen and oxygen atoms in total. The molecule has 1 aromatic carbocycles. The zero-order valence-electron chi connectivity index (χ0n) is 18.1. The van der Waals surface area contributed by atoms with Gasteiger partial charge >= 0.3 is 0 Å². The maximum Gasteiger partial charge on any atom is 0.243 e. The fraction of sp³-hybridized carbons (Fsp3) is 0.619. The van der Waals surface area contributed by atoms with E-state index < -0.39 is 10.0 Å². The third-order valence-electron chi connectivity index (χ3n) is 4.71. The molecule has 1 amide bonds. The van der Waals surface area contributed by atoms with Crippen LogP contribution in [-0.2, 0) is 14.8 Å². The first-order chi connectivity index (χ1) is 13.7. The third-order valence-corrected chi connectivity index (χ3v) is 7.89. The molecule has 0 fully saturated rings. The van der Waals surface area contributed by atoms with Gasteiger partial charge in [0.15, 0.2) is 5.13 Å².